The van der Waals surface area contributed by atoms with Crippen molar-refractivity contribution in [3.63, 3.8) is 0 Å². The molecule has 3 aliphatic rings. The first-order chi connectivity index (χ1) is 20.5. The third-order valence-corrected chi connectivity index (χ3v) is 9.11. The lowest BCUT2D eigenvalue weighted by atomic mass is 9.95. The van der Waals surface area contributed by atoms with E-state index in [9.17, 15) is 9.59 Å². The summed E-state index contributed by atoms with van der Waals surface area (Å²) in [5.41, 5.74) is 6.12. The fourth-order valence-electron chi connectivity index (χ4n) is 6.52. The molecule has 0 bridgehead atoms. The summed E-state index contributed by atoms with van der Waals surface area (Å²) in [6.07, 6.45) is 3.08. The molecule has 2 atom stereocenters. The van der Waals surface area contributed by atoms with E-state index in [1.54, 1.807) is 0 Å². The van der Waals surface area contributed by atoms with Crippen molar-refractivity contribution in [2.75, 3.05) is 44.2 Å². The second kappa shape index (κ2) is 14.6. The maximum absolute atomic E-state index is 13.5. The Morgan fingerprint density at radius 1 is 0.930 bits per heavy atom. The number of fused-ring (bicyclic) bond motifs is 1. The van der Waals surface area contributed by atoms with Gasteiger partial charge in [-0.3, -0.25) is 14.5 Å². The Morgan fingerprint density at radius 2 is 1.65 bits per heavy atom. The highest BCUT2D eigenvalue weighted by atomic mass is 35.5. The summed E-state index contributed by atoms with van der Waals surface area (Å²) in [7, 11) is 0. The molecule has 2 amide bonds. The van der Waals surface area contributed by atoms with Crippen LogP contribution in [0.2, 0.25) is 5.02 Å². The molecule has 9 heteroatoms. The molecule has 6 rings (SSSR count). The van der Waals surface area contributed by atoms with Crippen molar-refractivity contribution in [1.29, 1.82) is 0 Å². The Kier molecular flexibility index (Phi) is 10.6. The van der Waals surface area contributed by atoms with Crippen LogP contribution in [-0.2, 0) is 35.5 Å². The zero-order chi connectivity index (χ0) is 28.9. The predicted octanol–water partition coefficient (Wildman–Crippen LogP) is 4.45. The first kappa shape index (κ1) is 31.3. The maximum Gasteiger partial charge on any atom is 0.237 e. The smallest absolute Gasteiger partial charge is 0.237 e. The van der Waals surface area contributed by atoms with Gasteiger partial charge in [0.1, 0.15) is 0 Å². The quantitative estimate of drug-likeness (QED) is 0.370. The third kappa shape index (κ3) is 7.90. The molecule has 43 heavy (non-hydrogen) atoms. The van der Waals surface area contributed by atoms with Gasteiger partial charge in [0, 0.05) is 75.5 Å². The molecule has 2 fully saturated rings. The summed E-state index contributed by atoms with van der Waals surface area (Å²) in [4.78, 5) is 32.6. The molecule has 2 N–H and O–H groups in total. The molecule has 0 spiro atoms. The van der Waals surface area contributed by atoms with Crippen LogP contribution in [0.3, 0.4) is 0 Å². The van der Waals surface area contributed by atoms with Crippen LogP contribution >= 0.6 is 24.0 Å². The molecule has 2 saturated heterocycles. The number of amides is 2. The minimum atomic E-state index is -0.233. The summed E-state index contributed by atoms with van der Waals surface area (Å²) in [6, 6.07) is 24.5. The number of hydrogen-bond acceptors (Lipinski definition) is 5. The first-order valence-corrected chi connectivity index (χ1v) is 15.6. The van der Waals surface area contributed by atoms with Crippen molar-refractivity contribution in [3.05, 3.63) is 100 Å². The number of nitrogens with one attached hydrogen (secondary N) is 2. The standard InChI is InChI=1S/C34H40ClN5O2.ClH/c35-29-13-11-25(12-14-29)20-30(37-34(42)31-21-26-6-1-2-7-27(26)22-36-31)24-38-16-18-39(19-17-38)32-9-4-3-8-28(32)23-40-15-5-10-33(40)41;/h1-4,6-9,11-14,30-31,36H,5,10,15-24H2,(H,37,42);1H/t30-,31+;/m0./s1. The summed E-state index contributed by atoms with van der Waals surface area (Å²) in [5, 5.41) is 7.55. The van der Waals surface area contributed by atoms with Crippen molar-refractivity contribution in [3.8, 4) is 0 Å². The molecule has 3 heterocycles. The molecule has 0 saturated carbocycles. The van der Waals surface area contributed by atoms with Crippen LogP contribution in [-0.4, -0.2) is 73.0 Å². The van der Waals surface area contributed by atoms with Crippen molar-refractivity contribution >= 4 is 41.5 Å². The number of carbonyl (C=O) groups is 2. The van der Waals surface area contributed by atoms with Crippen molar-refractivity contribution in [1.82, 2.24) is 20.4 Å². The number of hydrogen-bond donors (Lipinski definition) is 2. The number of halogens is 2. The summed E-state index contributed by atoms with van der Waals surface area (Å²) >= 11 is 6.15. The minimum Gasteiger partial charge on any atom is -0.369 e. The second-order valence-corrected chi connectivity index (χ2v) is 12.2. The number of carbonyl (C=O) groups excluding carboxylic acids is 2. The molecular formula is C34H41Cl2N5O2. The van der Waals surface area contributed by atoms with Gasteiger partial charge in [-0.1, -0.05) is 66.2 Å². The lowest BCUT2D eigenvalue weighted by molar-refractivity contribution is -0.128. The van der Waals surface area contributed by atoms with E-state index in [1.165, 1.54) is 22.4 Å². The van der Waals surface area contributed by atoms with Crippen LogP contribution in [0.5, 0.6) is 0 Å². The summed E-state index contributed by atoms with van der Waals surface area (Å²) < 4.78 is 0. The second-order valence-electron chi connectivity index (χ2n) is 11.8. The average molecular weight is 623 g/mol. The Morgan fingerprint density at radius 3 is 2.40 bits per heavy atom. The Bertz CT molecular complexity index is 1390. The van der Waals surface area contributed by atoms with E-state index in [1.807, 2.05) is 23.1 Å². The van der Waals surface area contributed by atoms with Gasteiger partial charge >= 0.3 is 0 Å². The largest absolute Gasteiger partial charge is 0.369 e. The number of piperazine rings is 1. The zero-order valence-electron chi connectivity index (χ0n) is 24.5. The Balaban J connectivity index is 0.00000368. The highest BCUT2D eigenvalue weighted by Gasteiger charge is 2.28. The number of anilines is 1. The van der Waals surface area contributed by atoms with Gasteiger partial charge in [0.2, 0.25) is 11.8 Å². The van der Waals surface area contributed by atoms with Crippen LogP contribution < -0.4 is 15.5 Å². The monoisotopic (exact) mass is 621 g/mol. The van der Waals surface area contributed by atoms with Crippen LogP contribution in [0.1, 0.15) is 35.1 Å². The van der Waals surface area contributed by atoms with Gasteiger partial charge in [0.05, 0.1) is 6.04 Å². The first-order valence-electron chi connectivity index (χ1n) is 15.2. The molecule has 0 radical (unpaired) electrons. The fourth-order valence-corrected chi connectivity index (χ4v) is 6.65. The van der Waals surface area contributed by atoms with Gasteiger partial charge in [-0.05, 0) is 59.7 Å². The van der Waals surface area contributed by atoms with E-state index in [0.717, 1.165) is 62.7 Å². The van der Waals surface area contributed by atoms with Gasteiger partial charge in [-0.25, -0.2) is 0 Å². The van der Waals surface area contributed by atoms with Gasteiger partial charge in [-0.2, -0.15) is 0 Å². The molecule has 7 nitrogen and oxygen atoms in total. The van der Waals surface area contributed by atoms with Crippen LogP contribution in [0.25, 0.3) is 0 Å². The molecule has 228 valence electrons. The minimum absolute atomic E-state index is 0. The van der Waals surface area contributed by atoms with E-state index < -0.39 is 0 Å². The van der Waals surface area contributed by atoms with Crippen LogP contribution in [0.4, 0.5) is 5.69 Å². The number of likely N-dealkylation sites (tertiary alicyclic amines) is 1. The van der Waals surface area contributed by atoms with E-state index in [4.69, 9.17) is 11.6 Å². The zero-order valence-corrected chi connectivity index (χ0v) is 26.1. The summed E-state index contributed by atoms with van der Waals surface area (Å²) in [6.45, 7) is 6.69. The Hall–Kier alpha value is -3.10. The molecule has 0 unspecified atom stereocenters. The average Bonchev–Trinajstić information content (AvgIpc) is 3.42. The molecule has 3 aliphatic heterocycles. The molecular weight excluding hydrogens is 581 g/mol. The van der Waals surface area contributed by atoms with Gasteiger partial charge in [0.25, 0.3) is 0 Å². The molecule has 3 aromatic carbocycles. The fraction of sp³-hybridized carbons (Fsp3) is 0.412. The third-order valence-electron chi connectivity index (χ3n) is 8.86. The summed E-state index contributed by atoms with van der Waals surface area (Å²) in [5.74, 6) is 0.323. The maximum atomic E-state index is 13.5. The van der Waals surface area contributed by atoms with Crippen molar-refractivity contribution in [2.45, 2.75) is 50.9 Å². The molecule has 0 aliphatic carbocycles. The molecule has 0 aromatic heterocycles. The highest BCUT2D eigenvalue weighted by molar-refractivity contribution is 6.30. The van der Waals surface area contributed by atoms with E-state index >= 15 is 0 Å². The lowest BCUT2D eigenvalue weighted by Crippen LogP contribution is -2.55. The van der Waals surface area contributed by atoms with Gasteiger partial charge in [0.15, 0.2) is 0 Å². The van der Waals surface area contributed by atoms with E-state index in [-0.39, 0.29) is 36.3 Å². The highest BCUT2D eigenvalue weighted by Crippen LogP contribution is 2.25. The lowest BCUT2D eigenvalue weighted by Gasteiger charge is -2.39. The van der Waals surface area contributed by atoms with Gasteiger partial charge in [-0.15, -0.1) is 12.4 Å². The van der Waals surface area contributed by atoms with Crippen molar-refractivity contribution in [2.24, 2.45) is 0 Å². The van der Waals surface area contributed by atoms with E-state index in [0.29, 0.717) is 25.9 Å². The number of benzene rings is 3. The van der Waals surface area contributed by atoms with Crippen LogP contribution in [0.15, 0.2) is 72.8 Å². The Labute approximate surface area is 266 Å². The number of rotatable bonds is 9. The number of para-hydroxylation sites is 1. The SMILES string of the molecule is Cl.O=C(N[C@@H](Cc1ccc(Cl)cc1)CN1CCN(c2ccccc2CN2CCCC2=O)CC1)[C@H]1Cc2ccccc2CN1. The predicted molar refractivity (Wildman–Crippen MR) is 175 cm³/mol. The molecule has 3 aromatic rings. The van der Waals surface area contributed by atoms with Gasteiger partial charge < -0.3 is 20.4 Å². The topological polar surface area (TPSA) is 67.9 Å². The van der Waals surface area contributed by atoms with Crippen LogP contribution in [0, 0.1) is 0 Å². The van der Waals surface area contributed by atoms with E-state index in [2.05, 4.69) is 75.0 Å². The van der Waals surface area contributed by atoms with Crippen molar-refractivity contribution < 1.29 is 9.59 Å². The number of nitrogens with zero attached hydrogens (tertiary/aromatic N) is 3. The normalized spacial score (nSPS) is 19.5.